The van der Waals surface area contributed by atoms with Crippen molar-refractivity contribution in [3.63, 3.8) is 0 Å². The van der Waals surface area contributed by atoms with Crippen LogP contribution in [0.5, 0.6) is 5.75 Å². The molecule has 0 bridgehead atoms. The first-order valence-electron chi connectivity index (χ1n) is 6.46. The number of nitrogens with two attached hydrogens (primary N) is 1. The highest BCUT2D eigenvalue weighted by molar-refractivity contribution is 5.64. The molecule has 0 saturated carbocycles. The van der Waals surface area contributed by atoms with Gasteiger partial charge in [0.15, 0.2) is 5.82 Å². The minimum atomic E-state index is 0.519. The average Bonchev–Trinajstić information content (AvgIpc) is 2.89. The maximum atomic E-state index is 6.04. The van der Waals surface area contributed by atoms with Gasteiger partial charge in [0.05, 0.1) is 12.8 Å². The third-order valence-electron chi connectivity index (χ3n) is 3.11. The van der Waals surface area contributed by atoms with Crippen LogP contribution in [0.2, 0.25) is 0 Å². The van der Waals surface area contributed by atoms with E-state index in [1.807, 2.05) is 43.3 Å². The van der Waals surface area contributed by atoms with Crippen LogP contribution < -0.4 is 10.5 Å². The van der Waals surface area contributed by atoms with Gasteiger partial charge in [-0.2, -0.15) is 9.78 Å². The third kappa shape index (κ3) is 2.55. The van der Waals surface area contributed by atoms with Gasteiger partial charge in [-0.25, -0.2) is 9.97 Å². The Bertz CT molecular complexity index is 781. The zero-order valence-corrected chi connectivity index (χ0v) is 11.8. The van der Waals surface area contributed by atoms with Crippen LogP contribution in [0.1, 0.15) is 5.69 Å². The first-order chi connectivity index (χ1) is 10.2. The highest BCUT2D eigenvalue weighted by Gasteiger charge is 2.10. The van der Waals surface area contributed by atoms with Crippen molar-refractivity contribution in [2.24, 2.45) is 0 Å². The zero-order valence-electron chi connectivity index (χ0n) is 11.8. The van der Waals surface area contributed by atoms with Crippen molar-refractivity contribution in [3.05, 3.63) is 48.4 Å². The second-order valence-corrected chi connectivity index (χ2v) is 4.62. The minimum Gasteiger partial charge on any atom is -0.497 e. The Morgan fingerprint density at radius 1 is 1.14 bits per heavy atom. The first kappa shape index (κ1) is 13.1. The number of methoxy groups -OCH3 is 1. The lowest BCUT2D eigenvalue weighted by Crippen LogP contribution is -2.04. The summed E-state index contributed by atoms with van der Waals surface area (Å²) in [6.45, 7) is 1.90. The summed E-state index contributed by atoms with van der Waals surface area (Å²) in [4.78, 5) is 8.27. The number of anilines is 1. The Morgan fingerprint density at radius 2 is 2.00 bits per heavy atom. The Hall–Kier alpha value is -2.89. The van der Waals surface area contributed by atoms with Gasteiger partial charge < -0.3 is 10.5 Å². The van der Waals surface area contributed by atoms with Crippen LogP contribution in [0.3, 0.4) is 0 Å². The van der Waals surface area contributed by atoms with Crippen molar-refractivity contribution in [2.75, 3.05) is 12.8 Å². The van der Waals surface area contributed by atoms with Crippen LogP contribution in [0.4, 0.5) is 5.82 Å². The van der Waals surface area contributed by atoms with Crippen molar-refractivity contribution < 1.29 is 4.74 Å². The lowest BCUT2D eigenvalue weighted by molar-refractivity contribution is 0.415. The molecule has 3 rings (SSSR count). The maximum Gasteiger partial charge on any atom is 0.159 e. The van der Waals surface area contributed by atoms with Crippen LogP contribution in [0, 0.1) is 6.92 Å². The second kappa shape index (κ2) is 5.24. The van der Waals surface area contributed by atoms with Gasteiger partial charge in [-0.1, -0.05) is 12.1 Å². The number of nitrogen functional groups attached to an aromatic ring is 1. The van der Waals surface area contributed by atoms with Crippen LogP contribution in [-0.4, -0.2) is 26.9 Å². The van der Waals surface area contributed by atoms with E-state index in [2.05, 4.69) is 15.1 Å². The molecule has 21 heavy (non-hydrogen) atoms. The van der Waals surface area contributed by atoms with E-state index in [4.69, 9.17) is 10.5 Å². The van der Waals surface area contributed by atoms with Gasteiger partial charge in [0.25, 0.3) is 0 Å². The number of hydrogen-bond acceptors (Lipinski definition) is 5. The summed E-state index contributed by atoms with van der Waals surface area (Å²) in [6, 6.07) is 11.3. The van der Waals surface area contributed by atoms with Gasteiger partial charge in [-0.05, 0) is 19.1 Å². The van der Waals surface area contributed by atoms with Gasteiger partial charge in [0, 0.05) is 23.4 Å². The van der Waals surface area contributed by atoms with E-state index in [9.17, 15) is 0 Å². The van der Waals surface area contributed by atoms with Gasteiger partial charge in [0.2, 0.25) is 0 Å². The van der Waals surface area contributed by atoms with E-state index in [-0.39, 0.29) is 0 Å². The Kier molecular flexibility index (Phi) is 3.27. The van der Waals surface area contributed by atoms with Crippen LogP contribution in [-0.2, 0) is 0 Å². The molecule has 0 radical (unpaired) electrons. The number of hydrogen-bond donors (Lipinski definition) is 1. The minimum absolute atomic E-state index is 0.519. The molecule has 0 saturated heterocycles. The molecule has 6 heteroatoms. The molecule has 1 aromatic carbocycles. The van der Waals surface area contributed by atoms with Gasteiger partial charge >= 0.3 is 0 Å². The molecule has 0 fully saturated rings. The summed E-state index contributed by atoms with van der Waals surface area (Å²) in [5, 5.41) is 4.51. The van der Waals surface area contributed by atoms with E-state index in [0.29, 0.717) is 11.6 Å². The quantitative estimate of drug-likeness (QED) is 0.796. The van der Waals surface area contributed by atoms with E-state index in [1.165, 1.54) is 6.33 Å². The van der Waals surface area contributed by atoms with E-state index in [0.717, 1.165) is 22.7 Å². The fourth-order valence-electron chi connectivity index (χ4n) is 2.06. The molecule has 0 unspecified atom stereocenters. The van der Waals surface area contributed by atoms with Crippen molar-refractivity contribution in [3.8, 4) is 22.8 Å². The van der Waals surface area contributed by atoms with E-state index < -0.39 is 0 Å². The van der Waals surface area contributed by atoms with Crippen LogP contribution >= 0.6 is 0 Å². The third-order valence-corrected chi connectivity index (χ3v) is 3.11. The van der Waals surface area contributed by atoms with Gasteiger partial charge in [0.1, 0.15) is 17.9 Å². The Labute approximate surface area is 122 Å². The highest BCUT2D eigenvalue weighted by atomic mass is 16.5. The normalized spacial score (nSPS) is 10.6. The molecule has 0 spiro atoms. The molecular weight excluding hydrogens is 266 g/mol. The second-order valence-electron chi connectivity index (χ2n) is 4.62. The number of aryl methyl sites for hydroxylation is 1. The smallest absolute Gasteiger partial charge is 0.159 e. The summed E-state index contributed by atoms with van der Waals surface area (Å²) in [6.07, 6.45) is 1.50. The number of ether oxygens (including phenoxy) is 1. The number of nitrogens with zero attached hydrogens (tertiary/aromatic N) is 4. The van der Waals surface area contributed by atoms with Crippen molar-refractivity contribution in [2.45, 2.75) is 6.92 Å². The Balaban J connectivity index is 2.05. The number of benzene rings is 1. The molecule has 2 N–H and O–H groups in total. The standard InChI is InChI=1S/C15H15N5O/c1-10-6-15(18-9-17-10)20-14(16)8-13(19-20)11-4-3-5-12(7-11)21-2/h3-9H,16H2,1-2H3. The summed E-state index contributed by atoms with van der Waals surface area (Å²) >= 11 is 0. The summed E-state index contributed by atoms with van der Waals surface area (Å²) in [5.41, 5.74) is 8.60. The largest absolute Gasteiger partial charge is 0.497 e. The topological polar surface area (TPSA) is 78.9 Å². The number of aromatic nitrogens is 4. The molecule has 2 heterocycles. The highest BCUT2D eigenvalue weighted by Crippen LogP contribution is 2.25. The molecule has 0 aliphatic heterocycles. The Morgan fingerprint density at radius 3 is 2.76 bits per heavy atom. The predicted molar refractivity (Wildman–Crippen MR) is 80.3 cm³/mol. The lowest BCUT2D eigenvalue weighted by atomic mass is 10.1. The molecule has 0 aliphatic carbocycles. The molecule has 3 aromatic rings. The lowest BCUT2D eigenvalue weighted by Gasteiger charge is -2.03. The average molecular weight is 281 g/mol. The van der Waals surface area contributed by atoms with Crippen molar-refractivity contribution >= 4 is 5.82 Å². The van der Waals surface area contributed by atoms with Gasteiger partial charge in [-0.3, -0.25) is 0 Å². The van der Waals surface area contributed by atoms with Gasteiger partial charge in [-0.15, -0.1) is 0 Å². The molecule has 2 aromatic heterocycles. The monoisotopic (exact) mass is 281 g/mol. The summed E-state index contributed by atoms with van der Waals surface area (Å²) in [7, 11) is 1.63. The fourth-order valence-corrected chi connectivity index (χ4v) is 2.06. The van der Waals surface area contributed by atoms with E-state index >= 15 is 0 Å². The molecule has 6 nitrogen and oxygen atoms in total. The molecule has 0 atom stereocenters. The fraction of sp³-hybridized carbons (Fsp3) is 0.133. The van der Waals surface area contributed by atoms with Crippen LogP contribution in [0.25, 0.3) is 17.1 Å². The maximum absolute atomic E-state index is 6.04. The van der Waals surface area contributed by atoms with Crippen molar-refractivity contribution in [1.82, 2.24) is 19.7 Å². The molecule has 0 amide bonds. The van der Waals surface area contributed by atoms with Crippen molar-refractivity contribution in [1.29, 1.82) is 0 Å². The molecule has 0 aliphatic rings. The van der Waals surface area contributed by atoms with E-state index in [1.54, 1.807) is 11.8 Å². The molecular formula is C15H15N5O. The molecule has 106 valence electrons. The first-order valence-corrected chi connectivity index (χ1v) is 6.46. The predicted octanol–water partition coefficient (Wildman–Crippen LogP) is 2.23. The SMILES string of the molecule is COc1cccc(-c2cc(N)n(-c3cc(C)ncn3)n2)c1. The summed E-state index contributed by atoms with van der Waals surface area (Å²) in [5.74, 6) is 1.94. The number of rotatable bonds is 3. The zero-order chi connectivity index (χ0) is 14.8. The van der Waals surface area contributed by atoms with Crippen LogP contribution in [0.15, 0.2) is 42.7 Å². The summed E-state index contributed by atoms with van der Waals surface area (Å²) < 4.78 is 6.83.